The summed E-state index contributed by atoms with van der Waals surface area (Å²) in [6, 6.07) is 9.67. The molecule has 6 nitrogen and oxygen atoms in total. The number of anilines is 1. The molecule has 0 spiro atoms. The van der Waals surface area contributed by atoms with Crippen molar-refractivity contribution in [2.75, 3.05) is 5.32 Å². The lowest BCUT2D eigenvalue weighted by Gasteiger charge is -2.09. The monoisotopic (exact) mass is 360 g/mol. The third kappa shape index (κ3) is 4.12. The van der Waals surface area contributed by atoms with E-state index in [1.807, 2.05) is 48.3 Å². The minimum atomic E-state index is 0.536. The van der Waals surface area contributed by atoms with E-state index >= 15 is 0 Å². The van der Waals surface area contributed by atoms with Crippen molar-refractivity contribution in [1.29, 1.82) is 0 Å². The zero-order valence-corrected chi connectivity index (χ0v) is 14.7. The molecule has 8 heteroatoms. The van der Waals surface area contributed by atoms with Gasteiger partial charge in [0.05, 0.1) is 30.7 Å². The van der Waals surface area contributed by atoms with Gasteiger partial charge in [-0.3, -0.25) is 9.36 Å². The van der Waals surface area contributed by atoms with E-state index in [4.69, 9.17) is 23.8 Å². The van der Waals surface area contributed by atoms with Crippen molar-refractivity contribution in [3.05, 3.63) is 65.2 Å². The Kier molecular flexibility index (Phi) is 5.12. The maximum atomic E-state index is 6.17. The first kappa shape index (κ1) is 16.5. The number of halogens is 1. The van der Waals surface area contributed by atoms with Crippen molar-refractivity contribution in [3.8, 4) is 0 Å². The van der Waals surface area contributed by atoms with E-state index in [9.17, 15) is 0 Å². The number of rotatable bonds is 5. The topological polar surface area (TPSA) is 59.7 Å². The molecule has 2 N–H and O–H groups in total. The second-order valence-electron chi connectivity index (χ2n) is 5.27. The summed E-state index contributed by atoms with van der Waals surface area (Å²) in [6.07, 6.45) is 5.38. The molecular weight excluding hydrogens is 344 g/mol. The smallest absolute Gasteiger partial charge is 0.171 e. The van der Waals surface area contributed by atoms with Gasteiger partial charge in [-0.2, -0.15) is 10.2 Å². The number of hydrogen-bond donors (Lipinski definition) is 2. The summed E-state index contributed by atoms with van der Waals surface area (Å²) in [6.45, 7) is 1.21. The van der Waals surface area contributed by atoms with Gasteiger partial charge in [-0.05, 0) is 29.9 Å². The third-order valence-corrected chi connectivity index (χ3v) is 4.15. The molecule has 0 aliphatic rings. The normalized spacial score (nSPS) is 10.6. The molecule has 1 aromatic carbocycles. The average molecular weight is 361 g/mol. The van der Waals surface area contributed by atoms with Crippen LogP contribution in [0.15, 0.2) is 48.9 Å². The first-order valence-corrected chi connectivity index (χ1v) is 8.18. The Morgan fingerprint density at radius 2 is 2.08 bits per heavy atom. The van der Waals surface area contributed by atoms with Crippen LogP contribution in [-0.2, 0) is 20.1 Å². The van der Waals surface area contributed by atoms with Gasteiger partial charge < -0.3 is 10.6 Å². The summed E-state index contributed by atoms with van der Waals surface area (Å²) in [5, 5.41) is 16.0. The van der Waals surface area contributed by atoms with Gasteiger partial charge in [0.1, 0.15) is 0 Å². The SMILES string of the molecule is Cn1nccc1CNC(=S)Nc1cnn(Cc2ccccc2Cl)c1. The summed E-state index contributed by atoms with van der Waals surface area (Å²) < 4.78 is 3.62. The van der Waals surface area contributed by atoms with Gasteiger partial charge in [0, 0.05) is 24.5 Å². The van der Waals surface area contributed by atoms with Crippen molar-refractivity contribution in [3.63, 3.8) is 0 Å². The lowest BCUT2D eigenvalue weighted by molar-refractivity contribution is 0.687. The lowest BCUT2D eigenvalue weighted by atomic mass is 10.2. The fourth-order valence-corrected chi connectivity index (χ4v) is 2.62. The zero-order chi connectivity index (χ0) is 16.9. The van der Waals surface area contributed by atoms with Gasteiger partial charge >= 0.3 is 0 Å². The largest absolute Gasteiger partial charge is 0.357 e. The molecule has 0 unspecified atom stereocenters. The van der Waals surface area contributed by atoms with E-state index in [-0.39, 0.29) is 0 Å². The maximum Gasteiger partial charge on any atom is 0.171 e. The highest BCUT2D eigenvalue weighted by atomic mass is 35.5. The van der Waals surface area contributed by atoms with Crippen LogP contribution in [0.25, 0.3) is 0 Å². The van der Waals surface area contributed by atoms with Crippen LogP contribution >= 0.6 is 23.8 Å². The summed E-state index contributed by atoms with van der Waals surface area (Å²) in [4.78, 5) is 0. The molecule has 3 aromatic rings. The third-order valence-electron chi connectivity index (χ3n) is 3.53. The predicted molar refractivity (Wildman–Crippen MR) is 99.0 cm³/mol. The Hall–Kier alpha value is -2.38. The minimum Gasteiger partial charge on any atom is -0.357 e. The second-order valence-corrected chi connectivity index (χ2v) is 6.09. The van der Waals surface area contributed by atoms with E-state index in [0.717, 1.165) is 22.0 Å². The standard InChI is InChI=1S/C16H17ClN6S/c1-22-14(6-7-19-22)9-18-16(24)21-13-8-20-23(11-13)10-12-4-2-3-5-15(12)17/h2-8,11H,9-10H2,1H3,(H2,18,21,24). The van der Waals surface area contributed by atoms with Crippen LogP contribution < -0.4 is 10.6 Å². The molecule has 0 saturated carbocycles. The van der Waals surface area contributed by atoms with E-state index in [1.54, 1.807) is 17.1 Å². The number of nitrogens with zero attached hydrogens (tertiary/aromatic N) is 4. The fraction of sp³-hybridized carbons (Fsp3) is 0.188. The molecule has 0 saturated heterocycles. The van der Waals surface area contributed by atoms with Crippen LogP contribution in [0.2, 0.25) is 5.02 Å². The Bertz CT molecular complexity index is 840. The van der Waals surface area contributed by atoms with Gasteiger partial charge in [0.2, 0.25) is 0 Å². The number of aromatic nitrogens is 4. The fourth-order valence-electron chi connectivity index (χ4n) is 2.24. The van der Waals surface area contributed by atoms with Gasteiger partial charge in [0.15, 0.2) is 5.11 Å². The van der Waals surface area contributed by atoms with Gasteiger partial charge in [-0.25, -0.2) is 0 Å². The molecule has 0 aliphatic heterocycles. The molecule has 2 aromatic heterocycles. The first-order chi connectivity index (χ1) is 11.6. The Balaban J connectivity index is 1.55. The van der Waals surface area contributed by atoms with Crippen LogP contribution in [0.5, 0.6) is 0 Å². The summed E-state index contributed by atoms with van der Waals surface area (Å²) in [7, 11) is 1.90. The predicted octanol–water partition coefficient (Wildman–Crippen LogP) is 2.80. The van der Waals surface area contributed by atoms with Crippen molar-refractivity contribution < 1.29 is 0 Å². The van der Waals surface area contributed by atoms with Crippen molar-refractivity contribution in [1.82, 2.24) is 24.9 Å². The average Bonchev–Trinajstić information content (AvgIpc) is 3.17. The first-order valence-electron chi connectivity index (χ1n) is 7.39. The molecule has 0 aliphatic carbocycles. The summed E-state index contributed by atoms with van der Waals surface area (Å²) in [5.74, 6) is 0. The Morgan fingerprint density at radius 3 is 2.83 bits per heavy atom. The van der Waals surface area contributed by atoms with E-state index in [2.05, 4.69) is 20.8 Å². The van der Waals surface area contributed by atoms with Gasteiger partial charge in [-0.15, -0.1) is 0 Å². The number of benzene rings is 1. The van der Waals surface area contributed by atoms with Crippen LogP contribution in [0.4, 0.5) is 5.69 Å². The highest BCUT2D eigenvalue weighted by Crippen LogP contribution is 2.16. The highest BCUT2D eigenvalue weighted by molar-refractivity contribution is 7.80. The van der Waals surface area contributed by atoms with Crippen LogP contribution in [0.3, 0.4) is 0 Å². The number of nitrogens with one attached hydrogen (secondary N) is 2. The van der Waals surface area contributed by atoms with Crippen molar-refractivity contribution in [2.45, 2.75) is 13.1 Å². The number of hydrogen-bond acceptors (Lipinski definition) is 3. The molecule has 0 amide bonds. The van der Waals surface area contributed by atoms with Gasteiger partial charge in [-0.1, -0.05) is 29.8 Å². The Labute approximate surface area is 150 Å². The molecule has 0 fully saturated rings. The molecule has 24 heavy (non-hydrogen) atoms. The van der Waals surface area contributed by atoms with E-state index < -0.39 is 0 Å². The van der Waals surface area contributed by atoms with Crippen molar-refractivity contribution >= 4 is 34.6 Å². The van der Waals surface area contributed by atoms with Gasteiger partial charge in [0.25, 0.3) is 0 Å². The Morgan fingerprint density at radius 1 is 1.25 bits per heavy atom. The number of thiocarbonyl (C=S) groups is 1. The molecule has 3 rings (SSSR count). The van der Waals surface area contributed by atoms with Crippen LogP contribution in [0, 0.1) is 0 Å². The highest BCUT2D eigenvalue weighted by Gasteiger charge is 2.05. The summed E-state index contributed by atoms with van der Waals surface area (Å²) in [5.41, 5.74) is 2.89. The molecule has 124 valence electrons. The molecular formula is C16H17ClN6S. The second kappa shape index (κ2) is 7.46. The quantitative estimate of drug-likeness (QED) is 0.685. The molecule has 0 atom stereocenters. The summed E-state index contributed by atoms with van der Waals surface area (Å²) >= 11 is 11.5. The van der Waals surface area contributed by atoms with E-state index in [1.165, 1.54) is 0 Å². The van der Waals surface area contributed by atoms with Crippen LogP contribution in [0.1, 0.15) is 11.3 Å². The van der Waals surface area contributed by atoms with Crippen LogP contribution in [-0.4, -0.2) is 24.7 Å². The molecule has 0 radical (unpaired) electrons. The lowest BCUT2D eigenvalue weighted by Crippen LogP contribution is -2.28. The molecule has 0 bridgehead atoms. The minimum absolute atomic E-state index is 0.536. The number of aryl methyl sites for hydroxylation is 1. The van der Waals surface area contributed by atoms with Crippen molar-refractivity contribution in [2.24, 2.45) is 7.05 Å². The zero-order valence-electron chi connectivity index (χ0n) is 13.1. The van der Waals surface area contributed by atoms with E-state index in [0.29, 0.717) is 18.2 Å². The maximum absolute atomic E-state index is 6.17. The molecule has 2 heterocycles.